The van der Waals surface area contributed by atoms with E-state index < -0.39 is 6.10 Å². The molecule has 1 heterocycles. The summed E-state index contributed by atoms with van der Waals surface area (Å²) in [7, 11) is 3.71. The van der Waals surface area contributed by atoms with Crippen molar-refractivity contribution in [2.45, 2.75) is 19.3 Å². The maximum atomic E-state index is 10.3. The van der Waals surface area contributed by atoms with Crippen molar-refractivity contribution in [3.8, 4) is 17.2 Å². The highest BCUT2D eigenvalue weighted by atomic mass is 79.9. The fourth-order valence-electron chi connectivity index (χ4n) is 3.09. The molecule has 0 spiro atoms. The highest BCUT2D eigenvalue weighted by Gasteiger charge is 2.16. The fraction of sp³-hybridized carbons (Fsp3) is 0.400. The maximum Gasteiger partial charge on any atom is 0.231 e. The summed E-state index contributed by atoms with van der Waals surface area (Å²) in [6, 6.07) is 11.7. The maximum absolute atomic E-state index is 10.3. The lowest BCUT2D eigenvalue weighted by Crippen LogP contribution is -3.08. The predicted octanol–water partition coefficient (Wildman–Crippen LogP) is 1.78. The first kappa shape index (κ1) is 19.9. The molecule has 1 aliphatic rings. The predicted molar refractivity (Wildman–Crippen MR) is 104 cm³/mol. The smallest absolute Gasteiger partial charge is 0.231 e. The molecule has 0 aromatic heterocycles. The number of nitrogens with one attached hydrogen (secondary N) is 1. The van der Waals surface area contributed by atoms with Gasteiger partial charge in [-0.1, -0.05) is 22.0 Å². The molecular formula is C20H25BrNO5+. The van der Waals surface area contributed by atoms with Gasteiger partial charge in [0.1, 0.15) is 24.9 Å². The Balaban J connectivity index is 1.43. The number of benzene rings is 2. The van der Waals surface area contributed by atoms with Crippen LogP contribution in [0.25, 0.3) is 0 Å². The zero-order valence-electron chi connectivity index (χ0n) is 15.5. The Morgan fingerprint density at radius 2 is 2.00 bits per heavy atom. The van der Waals surface area contributed by atoms with Crippen LogP contribution >= 0.6 is 15.9 Å². The fourth-order valence-corrected chi connectivity index (χ4v) is 3.50. The summed E-state index contributed by atoms with van der Waals surface area (Å²) in [5.41, 5.74) is 2.09. The number of quaternary nitrogens is 1. The number of hydrogen-bond donors (Lipinski definition) is 2. The lowest BCUT2D eigenvalue weighted by atomic mass is 10.2. The quantitative estimate of drug-likeness (QED) is 0.624. The first-order chi connectivity index (χ1) is 13.0. The van der Waals surface area contributed by atoms with Crippen molar-refractivity contribution in [2.75, 3.05) is 34.1 Å². The number of ether oxygens (including phenoxy) is 4. The Bertz CT molecular complexity index is 770. The molecule has 2 aromatic rings. The molecule has 6 nitrogen and oxygen atoms in total. The molecule has 0 amide bonds. The first-order valence-corrected chi connectivity index (χ1v) is 9.62. The lowest BCUT2D eigenvalue weighted by Gasteiger charge is -2.19. The van der Waals surface area contributed by atoms with Crippen LogP contribution < -0.4 is 19.1 Å². The standard InChI is InChI=1S/C20H24BrNO5/c1-22(9-15-8-16(21)4-6-18(15)24-2)10-17(23)12-25-11-14-3-5-19-20(7-14)27-13-26-19/h3-8,17,23H,9-13H2,1-2H3/p+1/t17-/m0/s1. The second-order valence-corrected chi connectivity index (χ2v) is 7.57. The van der Waals surface area contributed by atoms with E-state index in [1.54, 1.807) is 7.11 Å². The summed E-state index contributed by atoms with van der Waals surface area (Å²) in [6.45, 7) is 2.29. The van der Waals surface area contributed by atoms with Gasteiger partial charge in [-0.25, -0.2) is 0 Å². The minimum Gasteiger partial charge on any atom is -0.496 e. The molecule has 1 unspecified atom stereocenters. The molecule has 3 rings (SSSR count). The van der Waals surface area contributed by atoms with Crippen molar-refractivity contribution in [3.63, 3.8) is 0 Å². The van der Waals surface area contributed by atoms with E-state index in [2.05, 4.69) is 15.9 Å². The molecule has 27 heavy (non-hydrogen) atoms. The van der Waals surface area contributed by atoms with E-state index in [0.29, 0.717) is 13.2 Å². The van der Waals surface area contributed by atoms with Crippen molar-refractivity contribution in [1.29, 1.82) is 0 Å². The molecule has 146 valence electrons. The van der Waals surface area contributed by atoms with Gasteiger partial charge in [0.15, 0.2) is 11.5 Å². The van der Waals surface area contributed by atoms with Gasteiger partial charge < -0.3 is 29.0 Å². The van der Waals surface area contributed by atoms with E-state index in [-0.39, 0.29) is 13.4 Å². The molecule has 2 N–H and O–H groups in total. The van der Waals surface area contributed by atoms with Crippen LogP contribution in [0.3, 0.4) is 0 Å². The number of fused-ring (bicyclic) bond motifs is 1. The van der Waals surface area contributed by atoms with E-state index in [1.807, 2.05) is 43.4 Å². The van der Waals surface area contributed by atoms with Crippen LogP contribution in [-0.2, 0) is 17.9 Å². The molecular weight excluding hydrogens is 414 g/mol. The molecule has 0 saturated heterocycles. The van der Waals surface area contributed by atoms with Crippen molar-refractivity contribution in [3.05, 3.63) is 52.0 Å². The van der Waals surface area contributed by atoms with Gasteiger partial charge in [-0.05, 0) is 35.9 Å². The SMILES string of the molecule is COc1ccc(Br)cc1C[NH+](C)C[C@H](O)COCc1ccc2c(c1)OCO2. The molecule has 0 bridgehead atoms. The molecule has 2 aromatic carbocycles. The van der Waals surface area contributed by atoms with Gasteiger partial charge in [-0.15, -0.1) is 0 Å². The highest BCUT2D eigenvalue weighted by Crippen LogP contribution is 2.32. The summed E-state index contributed by atoms with van der Waals surface area (Å²) in [5, 5.41) is 10.3. The van der Waals surface area contributed by atoms with Gasteiger partial charge in [-0.2, -0.15) is 0 Å². The zero-order valence-corrected chi connectivity index (χ0v) is 17.1. The van der Waals surface area contributed by atoms with Gasteiger partial charge >= 0.3 is 0 Å². The van der Waals surface area contributed by atoms with Crippen LogP contribution in [0, 0.1) is 0 Å². The molecule has 1 aliphatic heterocycles. The largest absolute Gasteiger partial charge is 0.496 e. The van der Waals surface area contributed by atoms with Crippen LogP contribution in [0.1, 0.15) is 11.1 Å². The third-order valence-corrected chi connectivity index (χ3v) is 4.83. The van der Waals surface area contributed by atoms with Crippen molar-refractivity contribution in [2.24, 2.45) is 0 Å². The number of likely N-dealkylation sites (N-methyl/N-ethyl adjacent to an activating group) is 1. The van der Waals surface area contributed by atoms with Gasteiger partial charge in [0, 0.05) is 10.0 Å². The number of rotatable bonds is 9. The Morgan fingerprint density at radius 3 is 2.81 bits per heavy atom. The molecule has 0 radical (unpaired) electrons. The Labute approximate surface area is 167 Å². The van der Waals surface area contributed by atoms with Crippen LogP contribution in [0.2, 0.25) is 0 Å². The number of aliphatic hydroxyl groups is 1. The van der Waals surface area contributed by atoms with Gasteiger partial charge in [0.05, 0.1) is 27.4 Å². The molecule has 7 heteroatoms. The molecule has 0 saturated carbocycles. The Kier molecular flexibility index (Phi) is 6.95. The minimum absolute atomic E-state index is 0.260. The van der Waals surface area contributed by atoms with E-state index in [4.69, 9.17) is 18.9 Å². The third kappa shape index (κ3) is 5.59. The minimum atomic E-state index is -0.544. The average Bonchev–Trinajstić information content (AvgIpc) is 3.09. The van der Waals surface area contributed by atoms with Crippen molar-refractivity contribution >= 4 is 15.9 Å². The monoisotopic (exact) mass is 438 g/mol. The summed E-state index contributed by atoms with van der Waals surface area (Å²) < 4.78 is 22.7. The Hall–Kier alpha value is -1.80. The van der Waals surface area contributed by atoms with Crippen LogP contribution in [0.15, 0.2) is 40.9 Å². The van der Waals surface area contributed by atoms with Gasteiger partial charge in [0.2, 0.25) is 6.79 Å². The van der Waals surface area contributed by atoms with Gasteiger partial charge in [-0.3, -0.25) is 0 Å². The first-order valence-electron chi connectivity index (χ1n) is 8.83. The molecule has 2 atom stereocenters. The van der Waals surface area contributed by atoms with Crippen LogP contribution in [-0.4, -0.2) is 45.3 Å². The summed E-state index contributed by atoms with van der Waals surface area (Å²) >= 11 is 3.49. The summed E-state index contributed by atoms with van der Waals surface area (Å²) in [5.74, 6) is 2.35. The van der Waals surface area contributed by atoms with Crippen molar-refractivity contribution in [1.82, 2.24) is 0 Å². The summed E-state index contributed by atoms with van der Waals surface area (Å²) in [4.78, 5) is 1.17. The summed E-state index contributed by atoms with van der Waals surface area (Å²) in [6.07, 6.45) is -0.544. The number of hydrogen-bond acceptors (Lipinski definition) is 5. The topological polar surface area (TPSA) is 61.6 Å². The van der Waals surface area contributed by atoms with E-state index in [9.17, 15) is 5.11 Å². The van der Waals surface area contributed by atoms with E-state index in [0.717, 1.165) is 39.4 Å². The van der Waals surface area contributed by atoms with Crippen molar-refractivity contribution < 1.29 is 29.0 Å². The third-order valence-electron chi connectivity index (χ3n) is 4.33. The zero-order chi connectivity index (χ0) is 19.2. The normalized spacial score (nSPS) is 14.8. The number of aliphatic hydroxyl groups excluding tert-OH is 1. The van der Waals surface area contributed by atoms with E-state index >= 15 is 0 Å². The highest BCUT2D eigenvalue weighted by molar-refractivity contribution is 9.10. The second kappa shape index (κ2) is 9.41. The second-order valence-electron chi connectivity index (χ2n) is 6.65. The average molecular weight is 439 g/mol. The van der Waals surface area contributed by atoms with Gasteiger partial charge in [0.25, 0.3) is 0 Å². The van der Waals surface area contributed by atoms with Crippen LogP contribution in [0.4, 0.5) is 0 Å². The lowest BCUT2D eigenvalue weighted by molar-refractivity contribution is -0.897. The number of methoxy groups -OCH3 is 1. The van der Waals surface area contributed by atoms with Crippen LogP contribution in [0.5, 0.6) is 17.2 Å². The molecule has 0 fully saturated rings. The number of halogens is 1. The Morgan fingerprint density at radius 1 is 1.19 bits per heavy atom. The molecule has 0 aliphatic carbocycles. The van der Waals surface area contributed by atoms with E-state index in [1.165, 1.54) is 4.90 Å².